The maximum Gasteiger partial charge on any atom is 0.136 e. The Morgan fingerprint density at radius 2 is 1.06 bits per heavy atom. The molecule has 230 valence electrons. The van der Waals surface area contributed by atoms with E-state index in [4.69, 9.17) is 4.42 Å². The highest BCUT2D eigenvalue weighted by molar-refractivity contribution is 6.21. The van der Waals surface area contributed by atoms with Crippen LogP contribution in [-0.4, -0.2) is 0 Å². The first-order valence-corrected chi connectivity index (χ1v) is 17.2. The van der Waals surface area contributed by atoms with Crippen LogP contribution in [0.3, 0.4) is 0 Å². The number of hydrogen-bond donors (Lipinski definition) is 0. The summed E-state index contributed by atoms with van der Waals surface area (Å²) in [6.45, 7) is 0. The van der Waals surface area contributed by atoms with Crippen molar-refractivity contribution in [1.82, 2.24) is 0 Å². The van der Waals surface area contributed by atoms with Crippen LogP contribution in [0.5, 0.6) is 0 Å². The van der Waals surface area contributed by atoms with Crippen LogP contribution in [-0.2, 0) is 6.42 Å². The van der Waals surface area contributed by atoms with Crippen molar-refractivity contribution in [3.05, 3.63) is 175 Å². The lowest BCUT2D eigenvalue weighted by atomic mass is 9.79. The minimum Gasteiger partial charge on any atom is -0.456 e. The number of benzene rings is 8. The summed E-state index contributed by atoms with van der Waals surface area (Å²) in [4.78, 5) is 0. The van der Waals surface area contributed by atoms with Crippen LogP contribution in [0.4, 0.5) is 0 Å². The first-order valence-electron chi connectivity index (χ1n) is 17.2. The van der Waals surface area contributed by atoms with Gasteiger partial charge in [-0.25, -0.2) is 0 Å². The van der Waals surface area contributed by atoms with E-state index in [0.29, 0.717) is 0 Å². The number of fused-ring (bicyclic) bond motifs is 6. The molecule has 0 N–H and O–H groups in total. The predicted molar refractivity (Wildman–Crippen MR) is 208 cm³/mol. The van der Waals surface area contributed by atoms with Crippen LogP contribution in [0.1, 0.15) is 17.5 Å². The SMILES string of the molecule is C1=Cc2c(c(-c3cccc4oc5cccc(-c6ccccc6)c5c34)c3ccccc3c2-c2cccc(-c3ccc4ccccc4c3)c2)CC1. The van der Waals surface area contributed by atoms with Crippen molar-refractivity contribution in [3.63, 3.8) is 0 Å². The fourth-order valence-electron chi connectivity index (χ4n) is 8.16. The molecule has 1 aliphatic rings. The van der Waals surface area contributed by atoms with Gasteiger partial charge in [-0.05, 0) is 114 Å². The van der Waals surface area contributed by atoms with Crippen molar-refractivity contribution in [1.29, 1.82) is 0 Å². The molecule has 0 saturated carbocycles. The predicted octanol–water partition coefficient (Wildman–Crippen LogP) is 13.5. The molecule has 0 amide bonds. The van der Waals surface area contributed by atoms with Gasteiger partial charge in [0.25, 0.3) is 0 Å². The van der Waals surface area contributed by atoms with Gasteiger partial charge in [0.1, 0.15) is 11.2 Å². The number of hydrogen-bond acceptors (Lipinski definition) is 1. The smallest absolute Gasteiger partial charge is 0.136 e. The first-order chi connectivity index (χ1) is 24.3. The van der Waals surface area contributed by atoms with E-state index in [9.17, 15) is 0 Å². The molecule has 0 saturated heterocycles. The molecular formula is C48H32O. The number of allylic oxidation sites excluding steroid dienone is 1. The van der Waals surface area contributed by atoms with Crippen LogP contribution in [0.15, 0.2) is 168 Å². The third-order valence-electron chi connectivity index (χ3n) is 10.3. The van der Waals surface area contributed by atoms with E-state index in [1.54, 1.807) is 0 Å². The molecule has 0 bridgehead atoms. The third kappa shape index (κ3) is 4.47. The van der Waals surface area contributed by atoms with E-state index in [0.717, 1.165) is 24.0 Å². The minimum absolute atomic E-state index is 0.920. The van der Waals surface area contributed by atoms with Crippen LogP contribution >= 0.6 is 0 Å². The monoisotopic (exact) mass is 624 g/mol. The Morgan fingerprint density at radius 1 is 0.429 bits per heavy atom. The number of furan rings is 1. The average Bonchev–Trinajstić information content (AvgIpc) is 3.57. The summed E-state index contributed by atoms with van der Waals surface area (Å²) < 4.78 is 6.59. The first kappa shape index (κ1) is 27.9. The zero-order chi connectivity index (χ0) is 32.3. The van der Waals surface area contributed by atoms with E-state index in [-0.39, 0.29) is 0 Å². The Bertz CT molecular complexity index is 2760. The summed E-state index contributed by atoms with van der Waals surface area (Å²) in [7, 11) is 0. The molecule has 0 fully saturated rings. The fraction of sp³-hybridized carbons (Fsp3) is 0.0417. The molecular weight excluding hydrogens is 593 g/mol. The summed E-state index contributed by atoms with van der Waals surface area (Å²) in [5.41, 5.74) is 14.5. The van der Waals surface area contributed by atoms with Gasteiger partial charge in [0.05, 0.1) is 0 Å². The standard InChI is InChI=1S/C48H32O/c1-2-14-32(15-3-1)37-23-11-25-43-47(37)48-42(24-12-26-44(48)49-43)46-40-21-8-6-19-38(40)45(39-20-7-9-22-41(39)46)36-18-10-17-34(30-36)35-28-27-31-13-4-5-16-33(31)29-35/h1-8,10-21,23-30H,9,22H2. The molecule has 1 aromatic heterocycles. The summed E-state index contributed by atoms with van der Waals surface area (Å²) in [5, 5.41) is 7.44. The zero-order valence-electron chi connectivity index (χ0n) is 27.0. The van der Waals surface area contributed by atoms with Crippen molar-refractivity contribution in [2.45, 2.75) is 12.8 Å². The van der Waals surface area contributed by atoms with Crippen molar-refractivity contribution in [2.24, 2.45) is 0 Å². The van der Waals surface area contributed by atoms with Crippen molar-refractivity contribution < 1.29 is 4.42 Å². The molecule has 1 heterocycles. The Labute approximate surface area is 285 Å². The summed E-state index contributed by atoms with van der Waals surface area (Å²) in [6.07, 6.45) is 6.72. The largest absolute Gasteiger partial charge is 0.456 e. The molecule has 8 aromatic carbocycles. The maximum atomic E-state index is 6.59. The van der Waals surface area contributed by atoms with E-state index in [1.165, 1.54) is 88.0 Å². The number of rotatable bonds is 4. The van der Waals surface area contributed by atoms with E-state index in [1.807, 2.05) is 0 Å². The lowest BCUT2D eigenvalue weighted by Gasteiger charge is -2.24. The highest BCUT2D eigenvalue weighted by Gasteiger charge is 2.25. The van der Waals surface area contributed by atoms with Crippen molar-refractivity contribution >= 4 is 49.6 Å². The maximum absolute atomic E-state index is 6.59. The molecule has 49 heavy (non-hydrogen) atoms. The Balaban J connectivity index is 1.25. The van der Waals surface area contributed by atoms with Gasteiger partial charge in [0.2, 0.25) is 0 Å². The second kappa shape index (κ2) is 11.2. The minimum atomic E-state index is 0.920. The summed E-state index contributed by atoms with van der Waals surface area (Å²) >= 11 is 0. The molecule has 1 nitrogen and oxygen atoms in total. The Morgan fingerprint density at radius 3 is 1.90 bits per heavy atom. The topological polar surface area (TPSA) is 13.1 Å². The zero-order valence-corrected chi connectivity index (χ0v) is 27.0. The van der Waals surface area contributed by atoms with Gasteiger partial charge in [-0.3, -0.25) is 0 Å². The van der Waals surface area contributed by atoms with Gasteiger partial charge in [-0.1, -0.05) is 146 Å². The van der Waals surface area contributed by atoms with Gasteiger partial charge in [-0.15, -0.1) is 0 Å². The summed E-state index contributed by atoms with van der Waals surface area (Å²) in [6, 6.07) is 57.2. The summed E-state index contributed by atoms with van der Waals surface area (Å²) in [5.74, 6) is 0. The highest BCUT2D eigenvalue weighted by atomic mass is 16.3. The molecule has 0 radical (unpaired) electrons. The lowest BCUT2D eigenvalue weighted by molar-refractivity contribution is 0.669. The van der Waals surface area contributed by atoms with E-state index in [2.05, 4.69) is 170 Å². The highest BCUT2D eigenvalue weighted by Crippen LogP contribution is 2.49. The Kier molecular flexibility index (Phi) is 6.38. The van der Waals surface area contributed by atoms with Crippen LogP contribution in [0.25, 0.3) is 94.1 Å². The molecule has 1 aliphatic carbocycles. The van der Waals surface area contributed by atoms with Crippen molar-refractivity contribution in [3.8, 4) is 44.5 Å². The molecule has 0 unspecified atom stereocenters. The molecule has 0 atom stereocenters. The Hall–Kier alpha value is -6.18. The van der Waals surface area contributed by atoms with E-state index < -0.39 is 0 Å². The molecule has 0 aliphatic heterocycles. The van der Waals surface area contributed by atoms with Gasteiger partial charge in [0.15, 0.2) is 0 Å². The van der Waals surface area contributed by atoms with Crippen LogP contribution < -0.4 is 0 Å². The second-order valence-corrected chi connectivity index (χ2v) is 13.1. The fourth-order valence-corrected chi connectivity index (χ4v) is 8.16. The van der Waals surface area contributed by atoms with Gasteiger partial charge in [0, 0.05) is 10.8 Å². The molecule has 9 aromatic rings. The van der Waals surface area contributed by atoms with Crippen molar-refractivity contribution in [2.75, 3.05) is 0 Å². The van der Waals surface area contributed by atoms with Crippen LogP contribution in [0.2, 0.25) is 0 Å². The van der Waals surface area contributed by atoms with Gasteiger partial charge < -0.3 is 4.42 Å². The third-order valence-corrected chi connectivity index (χ3v) is 10.3. The van der Waals surface area contributed by atoms with Crippen LogP contribution in [0, 0.1) is 0 Å². The second-order valence-electron chi connectivity index (χ2n) is 13.1. The molecule has 1 heteroatoms. The molecule has 10 rings (SSSR count). The lowest BCUT2D eigenvalue weighted by Crippen LogP contribution is -2.03. The van der Waals surface area contributed by atoms with Gasteiger partial charge in [-0.2, -0.15) is 0 Å². The quantitative estimate of drug-likeness (QED) is 0.190. The normalized spacial score (nSPS) is 12.7. The van der Waals surface area contributed by atoms with Gasteiger partial charge >= 0.3 is 0 Å². The van der Waals surface area contributed by atoms with E-state index >= 15 is 0 Å². The average molecular weight is 625 g/mol. The molecule has 0 spiro atoms.